The van der Waals surface area contributed by atoms with Gasteiger partial charge < -0.3 is 19.9 Å². The number of methoxy groups -OCH3 is 1. The average Bonchev–Trinajstić information content (AvgIpc) is 2.98. The number of nitrogens with one attached hydrogen (secondary N) is 2. The zero-order valence-electron chi connectivity index (χ0n) is 16.1. The third-order valence-electron chi connectivity index (χ3n) is 4.56. The topological polar surface area (TPSA) is 74.4 Å². The molecule has 0 bridgehead atoms. The van der Waals surface area contributed by atoms with E-state index < -0.39 is 5.97 Å². The van der Waals surface area contributed by atoms with Crippen molar-refractivity contribution in [3.8, 4) is 0 Å². The van der Waals surface area contributed by atoms with Crippen LogP contribution in [0.2, 0.25) is 0 Å². The predicted octanol–water partition coefficient (Wildman–Crippen LogP) is 2.70. The second-order valence-corrected chi connectivity index (χ2v) is 6.42. The van der Waals surface area contributed by atoms with Gasteiger partial charge in [-0.15, -0.1) is 0 Å². The van der Waals surface area contributed by atoms with E-state index in [-0.39, 0.29) is 11.9 Å². The van der Waals surface area contributed by atoms with Gasteiger partial charge in [-0.25, -0.2) is 4.79 Å². The second-order valence-electron chi connectivity index (χ2n) is 6.42. The summed E-state index contributed by atoms with van der Waals surface area (Å²) in [6, 6.07) is 10.1. The highest BCUT2D eigenvalue weighted by Crippen LogP contribution is 2.21. The summed E-state index contributed by atoms with van der Waals surface area (Å²) in [5.74, 6) is -0.653. The number of hydrogen-bond acceptors (Lipinski definition) is 4. The molecule has 0 aliphatic heterocycles. The van der Waals surface area contributed by atoms with Gasteiger partial charge in [0.15, 0.2) is 0 Å². The first-order valence-corrected chi connectivity index (χ1v) is 8.70. The van der Waals surface area contributed by atoms with Crippen molar-refractivity contribution in [1.29, 1.82) is 0 Å². The van der Waals surface area contributed by atoms with Crippen molar-refractivity contribution in [1.82, 2.24) is 15.2 Å². The zero-order valence-corrected chi connectivity index (χ0v) is 16.1. The maximum Gasteiger partial charge on any atom is 0.339 e. The molecule has 6 heteroatoms. The molecule has 0 saturated heterocycles. The number of benzene rings is 1. The van der Waals surface area contributed by atoms with Crippen molar-refractivity contribution in [2.45, 2.75) is 26.3 Å². The van der Waals surface area contributed by atoms with Gasteiger partial charge in [0.05, 0.1) is 18.7 Å². The molecule has 0 fully saturated rings. The summed E-state index contributed by atoms with van der Waals surface area (Å²) in [5, 5.41) is 2.98. The van der Waals surface area contributed by atoms with Crippen LogP contribution in [-0.2, 0) is 11.2 Å². The predicted molar refractivity (Wildman–Crippen MR) is 101 cm³/mol. The molecule has 6 nitrogen and oxygen atoms in total. The molecule has 2 N–H and O–H groups in total. The number of H-pyrrole nitrogens is 1. The molecule has 0 saturated carbocycles. The summed E-state index contributed by atoms with van der Waals surface area (Å²) in [7, 11) is 5.30. The van der Waals surface area contributed by atoms with Gasteiger partial charge in [-0.05, 0) is 38.6 Å². The quantitative estimate of drug-likeness (QED) is 0.747. The van der Waals surface area contributed by atoms with Crippen molar-refractivity contribution in [3.05, 3.63) is 58.4 Å². The number of aryl methyl sites for hydroxylation is 1. The van der Waals surface area contributed by atoms with Crippen molar-refractivity contribution >= 4 is 11.9 Å². The Kier molecular flexibility index (Phi) is 6.58. The molecular formula is C20H27N3O3. The number of esters is 1. The third-order valence-corrected chi connectivity index (χ3v) is 4.56. The van der Waals surface area contributed by atoms with Crippen LogP contribution < -0.4 is 5.32 Å². The van der Waals surface area contributed by atoms with Gasteiger partial charge in [-0.2, -0.15) is 0 Å². The largest absolute Gasteiger partial charge is 0.465 e. The first-order chi connectivity index (χ1) is 12.4. The van der Waals surface area contributed by atoms with E-state index in [2.05, 4.69) is 15.2 Å². The summed E-state index contributed by atoms with van der Waals surface area (Å²) in [5.41, 5.74) is 3.32. The molecule has 0 aliphatic rings. The Labute approximate surface area is 154 Å². The number of carbonyl (C=O) groups excluding carboxylic acids is 2. The van der Waals surface area contributed by atoms with E-state index in [0.717, 1.165) is 5.56 Å². The molecule has 26 heavy (non-hydrogen) atoms. The van der Waals surface area contributed by atoms with E-state index in [4.69, 9.17) is 4.74 Å². The molecule has 1 atom stereocenters. The van der Waals surface area contributed by atoms with Crippen LogP contribution in [0, 0.1) is 6.92 Å². The molecule has 0 spiro atoms. The summed E-state index contributed by atoms with van der Waals surface area (Å²) < 4.78 is 4.84. The normalized spacial score (nSPS) is 12.1. The molecule has 1 aromatic carbocycles. The Hall–Kier alpha value is -2.60. The van der Waals surface area contributed by atoms with E-state index in [1.165, 1.54) is 7.11 Å². The van der Waals surface area contributed by atoms with Crippen molar-refractivity contribution in [2.75, 3.05) is 27.7 Å². The lowest BCUT2D eigenvalue weighted by molar-refractivity contribution is 0.0599. The summed E-state index contributed by atoms with van der Waals surface area (Å²) in [6.45, 7) is 4.15. The van der Waals surface area contributed by atoms with Gasteiger partial charge in [0.1, 0.15) is 5.69 Å². The van der Waals surface area contributed by atoms with Crippen LogP contribution in [0.3, 0.4) is 0 Å². The van der Waals surface area contributed by atoms with Gasteiger partial charge >= 0.3 is 5.97 Å². The Morgan fingerprint density at radius 3 is 2.42 bits per heavy atom. The number of aromatic amines is 1. The van der Waals surface area contributed by atoms with Gasteiger partial charge in [0, 0.05) is 12.2 Å². The molecule has 1 heterocycles. The van der Waals surface area contributed by atoms with Crippen LogP contribution in [0.25, 0.3) is 0 Å². The fourth-order valence-electron chi connectivity index (χ4n) is 3.08. The highest BCUT2D eigenvalue weighted by molar-refractivity contribution is 6.00. The van der Waals surface area contributed by atoms with Crippen molar-refractivity contribution in [2.24, 2.45) is 0 Å². The molecule has 0 radical (unpaired) electrons. The number of aromatic nitrogens is 1. The Balaban J connectivity index is 2.19. The number of carbonyl (C=O) groups is 2. The standard InChI is InChI=1S/C20H27N3O3/c1-6-15-17(20(25)26-5)13(2)18(22-15)19(24)21-12-16(23(3)4)14-10-8-7-9-11-14/h7-11,16,22H,6,12H2,1-5H3,(H,21,24)/t16-/m1/s1. The highest BCUT2D eigenvalue weighted by atomic mass is 16.5. The van der Waals surface area contributed by atoms with E-state index >= 15 is 0 Å². The van der Waals surface area contributed by atoms with Crippen molar-refractivity contribution < 1.29 is 14.3 Å². The van der Waals surface area contributed by atoms with Crippen LogP contribution in [0.1, 0.15) is 50.6 Å². The number of ether oxygens (including phenoxy) is 1. The van der Waals surface area contributed by atoms with E-state index in [9.17, 15) is 9.59 Å². The van der Waals surface area contributed by atoms with Crippen LogP contribution >= 0.6 is 0 Å². The Morgan fingerprint density at radius 2 is 1.88 bits per heavy atom. The van der Waals surface area contributed by atoms with Crippen LogP contribution in [0.15, 0.2) is 30.3 Å². The summed E-state index contributed by atoms with van der Waals surface area (Å²) in [6.07, 6.45) is 0.614. The Morgan fingerprint density at radius 1 is 1.23 bits per heavy atom. The lowest BCUT2D eigenvalue weighted by atomic mass is 10.1. The maximum atomic E-state index is 12.7. The molecule has 2 rings (SSSR count). The van der Waals surface area contributed by atoms with E-state index in [1.807, 2.05) is 51.4 Å². The van der Waals surface area contributed by atoms with Crippen molar-refractivity contribution in [3.63, 3.8) is 0 Å². The van der Waals surface area contributed by atoms with Crippen LogP contribution in [0.5, 0.6) is 0 Å². The first-order valence-electron chi connectivity index (χ1n) is 8.70. The van der Waals surface area contributed by atoms with E-state index in [1.54, 1.807) is 6.92 Å². The lowest BCUT2D eigenvalue weighted by Crippen LogP contribution is -2.35. The highest BCUT2D eigenvalue weighted by Gasteiger charge is 2.24. The van der Waals surface area contributed by atoms with E-state index in [0.29, 0.717) is 35.5 Å². The minimum absolute atomic E-state index is 0.0566. The number of rotatable bonds is 7. The molecule has 0 aliphatic carbocycles. The fraction of sp³-hybridized carbons (Fsp3) is 0.400. The molecule has 140 valence electrons. The molecule has 1 aromatic heterocycles. The molecule has 1 amide bonds. The number of likely N-dealkylation sites (N-methyl/N-ethyl adjacent to an activating group) is 1. The lowest BCUT2D eigenvalue weighted by Gasteiger charge is -2.25. The van der Waals surface area contributed by atoms with Gasteiger partial charge in [0.2, 0.25) is 0 Å². The van der Waals surface area contributed by atoms with Gasteiger partial charge in [-0.1, -0.05) is 37.3 Å². The number of hydrogen-bond donors (Lipinski definition) is 2. The summed E-state index contributed by atoms with van der Waals surface area (Å²) in [4.78, 5) is 29.9. The SMILES string of the molecule is CCc1[nH]c(C(=O)NC[C@H](c2ccccc2)N(C)C)c(C)c1C(=O)OC. The monoisotopic (exact) mass is 357 g/mol. The molecule has 2 aromatic rings. The van der Waals surface area contributed by atoms with Crippen LogP contribution in [-0.4, -0.2) is 49.5 Å². The number of amides is 1. The zero-order chi connectivity index (χ0) is 19.3. The molecule has 0 unspecified atom stereocenters. The van der Waals surface area contributed by atoms with Gasteiger partial charge in [-0.3, -0.25) is 4.79 Å². The average molecular weight is 357 g/mol. The maximum absolute atomic E-state index is 12.7. The minimum atomic E-state index is -0.426. The third kappa shape index (κ3) is 4.14. The van der Waals surface area contributed by atoms with Gasteiger partial charge in [0.25, 0.3) is 5.91 Å². The number of nitrogens with zero attached hydrogens (tertiary/aromatic N) is 1. The first kappa shape index (κ1) is 19.7. The minimum Gasteiger partial charge on any atom is -0.465 e. The molecular weight excluding hydrogens is 330 g/mol. The fourth-order valence-corrected chi connectivity index (χ4v) is 3.08. The van der Waals surface area contributed by atoms with Crippen LogP contribution in [0.4, 0.5) is 0 Å². The summed E-state index contributed by atoms with van der Waals surface area (Å²) >= 11 is 0. The smallest absolute Gasteiger partial charge is 0.339 e. The second kappa shape index (κ2) is 8.67. The Bertz CT molecular complexity index is 766.